The lowest BCUT2D eigenvalue weighted by molar-refractivity contribution is 0.0283. The number of carbonyl (C=O) groups excluding carboxylic acids is 1. The van der Waals surface area contributed by atoms with E-state index >= 15 is 0 Å². The number of halogens is 3. The van der Waals surface area contributed by atoms with Gasteiger partial charge in [0, 0.05) is 18.3 Å². The summed E-state index contributed by atoms with van der Waals surface area (Å²) in [6.45, 7) is 5.32. The molecule has 0 unspecified atom stereocenters. The van der Waals surface area contributed by atoms with E-state index in [1.54, 1.807) is 49.6 Å². The molecular weight excluding hydrogens is 423 g/mol. The lowest BCUT2D eigenvalue weighted by Gasteiger charge is -2.24. The number of likely N-dealkylation sites (tertiary alicyclic amines) is 1. The maximum atomic E-state index is 14.6. The number of pyridine rings is 2. The van der Waals surface area contributed by atoms with Gasteiger partial charge in [-0.15, -0.1) is 0 Å². The summed E-state index contributed by atoms with van der Waals surface area (Å²) in [5.74, 6) is 0.404. The molecule has 0 saturated carbocycles. The van der Waals surface area contributed by atoms with E-state index in [0.717, 1.165) is 0 Å². The lowest BCUT2D eigenvalue weighted by atomic mass is 10.2. The fourth-order valence-corrected chi connectivity index (χ4v) is 3.54. The molecule has 0 radical (unpaired) electrons. The molecule has 1 N–H and O–H groups in total. The molecule has 0 aliphatic carbocycles. The third-order valence-corrected chi connectivity index (χ3v) is 5.03. The number of rotatable bonds is 4. The first kappa shape index (κ1) is 21.9. The fraction of sp³-hybridized carbons (Fsp3) is 0.409. The second kappa shape index (κ2) is 8.33. The van der Waals surface area contributed by atoms with Gasteiger partial charge < -0.3 is 15.0 Å². The Morgan fingerprint density at radius 1 is 1.22 bits per heavy atom. The van der Waals surface area contributed by atoms with Crippen molar-refractivity contribution >= 4 is 17.6 Å². The van der Waals surface area contributed by atoms with Gasteiger partial charge in [-0.1, -0.05) is 6.07 Å². The summed E-state index contributed by atoms with van der Waals surface area (Å²) in [6, 6.07) is 7.33. The molecule has 10 heteroatoms. The van der Waals surface area contributed by atoms with E-state index in [1.807, 2.05) is 0 Å². The van der Waals surface area contributed by atoms with E-state index in [9.17, 15) is 18.0 Å². The molecule has 2 atom stereocenters. The molecule has 1 aliphatic rings. The minimum absolute atomic E-state index is 0.0735. The van der Waals surface area contributed by atoms with Gasteiger partial charge in [0.15, 0.2) is 0 Å². The molecule has 170 valence electrons. The molecular formula is C22H24F3N5O2. The molecule has 4 rings (SSSR count). The van der Waals surface area contributed by atoms with Crippen LogP contribution < -0.4 is 5.32 Å². The van der Waals surface area contributed by atoms with Crippen LogP contribution in [0.1, 0.15) is 32.8 Å². The molecule has 1 amide bonds. The van der Waals surface area contributed by atoms with Crippen molar-refractivity contribution in [2.45, 2.75) is 45.0 Å². The standard InChI is InChI=1S/C22H24F3N5O2/c1-22(2,3)32-21(31)29-11-14(23)16(12-29)28-18-6-4-5-15(27-18)17-9-26-19-8-7-13(20(24)25)10-30(17)19/h4-10,14,16,20H,11-12H2,1-3H3,(H,27,28)/t14-,16-/m0/s1. The first-order valence-corrected chi connectivity index (χ1v) is 10.2. The molecule has 32 heavy (non-hydrogen) atoms. The smallest absolute Gasteiger partial charge is 0.410 e. The van der Waals surface area contributed by atoms with Gasteiger partial charge in [-0.25, -0.2) is 27.9 Å². The highest BCUT2D eigenvalue weighted by molar-refractivity contribution is 5.69. The number of anilines is 1. The first-order valence-electron chi connectivity index (χ1n) is 10.2. The highest BCUT2D eigenvalue weighted by Gasteiger charge is 2.37. The number of amides is 1. The molecule has 3 aromatic heterocycles. The van der Waals surface area contributed by atoms with Crippen LogP contribution in [0.2, 0.25) is 0 Å². The zero-order chi connectivity index (χ0) is 23.0. The van der Waals surface area contributed by atoms with Crippen LogP contribution in [0.25, 0.3) is 17.0 Å². The van der Waals surface area contributed by atoms with Crippen molar-refractivity contribution in [2.75, 3.05) is 18.4 Å². The zero-order valence-corrected chi connectivity index (χ0v) is 17.9. The van der Waals surface area contributed by atoms with Crippen LogP contribution in [0.3, 0.4) is 0 Å². The Morgan fingerprint density at radius 3 is 2.72 bits per heavy atom. The van der Waals surface area contributed by atoms with E-state index in [4.69, 9.17) is 4.74 Å². The summed E-state index contributed by atoms with van der Waals surface area (Å²) in [5.41, 5.74) is 0.746. The maximum Gasteiger partial charge on any atom is 0.410 e. The molecule has 0 aromatic carbocycles. The van der Waals surface area contributed by atoms with Crippen LogP contribution in [0.5, 0.6) is 0 Å². The van der Waals surface area contributed by atoms with Crippen molar-refractivity contribution in [3.05, 3.63) is 48.3 Å². The quantitative estimate of drug-likeness (QED) is 0.628. The molecule has 0 spiro atoms. The number of nitrogens with zero attached hydrogens (tertiary/aromatic N) is 4. The van der Waals surface area contributed by atoms with Crippen molar-refractivity contribution in [2.24, 2.45) is 0 Å². The van der Waals surface area contributed by atoms with Crippen LogP contribution in [0.15, 0.2) is 42.7 Å². The van der Waals surface area contributed by atoms with Crippen LogP contribution in [0.4, 0.5) is 23.8 Å². The van der Waals surface area contributed by atoms with Crippen molar-refractivity contribution in [3.8, 4) is 11.4 Å². The van der Waals surface area contributed by atoms with E-state index in [-0.39, 0.29) is 18.7 Å². The predicted molar refractivity (Wildman–Crippen MR) is 113 cm³/mol. The van der Waals surface area contributed by atoms with Crippen molar-refractivity contribution in [1.29, 1.82) is 0 Å². The topological polar surface area (TPSA) is 71.8 Å². The number of carbonyl (C=O) groups is 1. The third-order valence-electron chi connectivity index (χ3n) is 5.03. The number of nitrogens with one attached hydrogen (secondary N) is 1. The highest BCUT2D eigenvalue weighted by Crippen LogP contribution is 2.26. The number of hydrogen-bond acceptors (Lipinski definition) is 5. The van der Waals surface area contributed by atoms with Crippen LogP contribution >= 0.6 is 0 Å². The highest BCUT2D eigenvalue weighted by atomic mass is 19.3. The zero-order valence-electron chi connectivity index (χ0n) is 17.9. The van der Waals surface area contributed by atoms with Gasteiger partial charge in [-0.2, -0.15) is 0 Å². The van der Waals surface area contributed by atoms with E-state index in [0.29, 0.717) is 22.9 Å². The predicted octanol–water partition coefficient (Wildman–Crippen LogP) is 4.70. The Balaban J connectivity index is 1.52. The monoisotopic (exact) mass is 447 g/mol. The normalized spacial score (nSPS) is 19.0. The molecule has 1 aliphatic heterocycles. The first-order chi connectivity index (χ1) is 15.1. The summed E-state index contributed by atoms with van der Waals surface area (Å²) in [6.07, 6.45) is -1.58. The summed E-state index contributed by atoms with van der Waals surface area (Å²) in [5, 5.41) is 3.03. The molecule has 4 heterocycles. The van der Waals surface area contributed by atoms with Gasteiger partial charge in [0.05, 0.1) is 30.2 Å². The number of imidazole rings is 1. The van der Waals surface area contributed by atoms with Gasteiger partial charge >= 0.3 is 6.09 Å². The molecule has 3 aromatic rings. The van der Waals surface area contributed by atoms with E-state index in [1.165, 1.54) is 23.2 Å². The van der Waals surface area contributed by atoms with E-state index < -0.39 is 30.3 Å². The fourth-order valence-electron chi connectivity index (χ4n) is 3.54. The Bertz CT molecular complexity index is 1130. The van der Waals surface area contributed by atoms with Gasteiger partial charge in [-0.05, 0) is 45.0 Å². The Labute approximate surface area is 183 Å². The summed E-state index contributed by atoms with van der Waals surface area (Å²) in [4.78, 5) is 22.3. The van der Waals surface area contributed by atoms with Crippen molar-refractivity contribution < 1.29 is 22.7 Å². The van der Waals surface area contributed by atoms with Gasteiger partial charge in [-0.3, -0.25) is 4.40 Å². The average Bonchev–Trinajstić information content (AvgIpc) is 3.30. The Morgan fingerprint density at radius 2 is 2.00 bits per heavy atom. The minimum atomic E-state index is -2.60. The summed E-state index contributed by atoms with van der Waals surface area (Å²) in [7, 11) is 0. The van der Waals surface area contributed by atoms with Crippen LogP contribution in [-0.2, 0) is 4.74 Å². The van der Waals surface area contributed by atoms with Gasteiger partial charge in [0.2, 0.25) is 0 Å². The Hall–Kier alpha value is -3.30. The minimum Gasteiger partial charge on any atom is -0.444 e. The molecule has 0 bridgehead atoms. The largest absolute Gasteiger partial charge is 0.444 e. The number of hydrogen-bond donors (Lipinski definition) is 1. The second-order valence-corrected chi connectivity index (χ2v) is 8.69. The van der Waals surface area contributed by atoms with E-state index in [2.05, 4.69) is 15.3 Å². The summed E-state index contributed by atoms with van der Waals surface area (Å²) < 4.78 is 47.7. The van der Waals surface area contributed by atoms with Crippen LogP contribution in [0, 0.1) is 0 Å². The molecule has 7 nitrogen and oxygen atoms in total. The second-order valence-electron chi connectivity index (χ2n) is 8.69. The van der Waals surface area contributed by atoms with Crippen molar-refractivity contribution in [3.63, 3.8) is 0 Å². The summed E-state index contributed by atoms with van der Waals surface area (Å²) >= 11 is 0. The number of fused-ring (bicyclic) bond motifs is 1. The van der Waals surface area contributed by atoms with Crippen molar-refractivity contribution in [1.82, 2.24) is 19.3 Å². The SMILES string of the molecule is CC(C)(C)OC(=O)N1C[C@H](Nc2cccc(-c3cnc4ccc(C(F)F)cn34)n2)[C@@H](F)C1. The number of alkyl halides is 3. The van der Waals surface area contributed by atoms with Gasteiger partial charge in [0.1, 0.15) is 23.2 Å². The number of ether oxygens (including phenoxy) is 1. The molecule has 1 fully saturated rings. The average molecular weight is 447 g/mol. The maximum absolute atomic E-state index is 14.6. The number of aromatic nitrogens is 3. The molecule has 1 saturated heterocycles. The van der Waals surface area contributed by atoms with Gasteiger partial charge in [0.25, 0.3) is 6.43 Å². The lowest BCUT2D eigenvalue weighted by Crippen LogP contribution is -2.36. The van der Waals surface area contributed by atoms with Crippen LogP contribution in [-0.4, -0.2) is 56.3 Å². The Kier molecular flexibility index (Phi) is 5.70. The third kappa shape index (κ3) is 4.63.